The Balaban J connectivity index is 1.34. The molecule has 0 bridgehead atoms. The molecule has 286 valence electrons. The van der Waals surface area contributed by atoms with E-state index < -0.39 is 139 Å². The summed E-state index contributed by atoms with van der Waals surface area (Å²) < 4.78 is 39.0. The normalized spacial score (nSPS) is 36.6. The highest BCUT2D eigenvalue weighted by atomic mass is 16.7. The van der Waals surface area contributed by atoms with Gasteiger partial charge in [0.2, 0.25) is 23.8 Å². The van der Waals surface area contributed by atoms with Gasteiger partial charge in [-0.25, -0.2) is 0 Å². The Labute approximate surface area is 292 Å². The van der Waals surface area contributed by atoms with Crippen LogP contribution in [0.5, 0.6) is 28.7 Å². The molecular formula is C32H38O20. The molecule has 1 aromatic heterocycles. The number of aromatic hydroxyl groups is 3. The van der Waals surface area contributed by atoms with Crippen molar-refractivity contribution in [2.45, 2.75) is 86.3 Å². The van der Waals surface area contributed by atoms with E-state index in [-0.39, 0.29) is 16.9 Å². The molecule has 13 atom stereocenters. The summed E-state index contributed by atoms with van der Waals surface area (Å²) in [6, 6.07) is 5.23. The van der Waals surface area contributed by atoms with E-state index in [0.717, 1.165) is 24.3 Å². The molecule has 0 amide bonds. The fourth-order valence-electron chi connectivity index (χ4n) is 5.94. The van der Waals surface area contributed by atoms with Crippen LogP contribution in [0.2, 0.25) is 0 Å². The van der Waals surface area contributed by atoms with Gasteiger partial charge >= 0.3 is 0 Å². The fourth-order valence-corrected chi connectivity index (χ4v) is 5.94. The van der Waals surface area contributed by atoms with Crippen LogP contribution in [0.3, 0.4) is 0 Å². The Bertz CT molecular complexity index is 1820. The number of benzene rings is 2. The topological polar surface area (TPSA) is 328 Å². The lowest BCUT2D eigenvalue weighted by Crippen LogP contribution is -2.61. The number of aliphatic hydroxyl groups is 9. The smallest absolute Gasteiger partial charge is 0.239 e. The van der Waals surface area contributed by atoms with Gasteiger partial charge in [-0.05, 0) is 25.1 Å². The van der Waals surface area contributed by atoms with E-state index in [4.69, 9.17) is 32.8 Å². The highest BCUT2D eigenvalue weighted by Gasteiger charge is 2.50. The van der Waals surface area contributed by atoms with Crippen molar-refractivity contribution in [3.05, 3.63) is 40.6 Å². The Morgan fingerprint density at radius 1 is 0.808 bits per heavy atom. The highest BCUT2D eigenvalue weighted by molar-refractivity contribution is 5.88. The van der Waals surface area contributed by atoms with Gasteiger partial charge in [-0.3, -0.25) is 4.79 Å². The van der Waals surface area contributed by atoms with E-state index >= 15 is 0 Å². The summed E-state index contributed by atoms with van der Waals surface area (Å²) in [6.45, 7) is -0.640. The maximum atomic E-state index is 13.9. The molecule has 0 radical (unpaired) electrons. The molecule has 3 aliphatic heterocycles. The summed E-state index contributed by atoms with van der Waals surface area (Å²) in [7, 11) is 0. The van der Waals surface area contributed by atoms with Gasteiger partial charge < -0.3 is 94.1 Å². The molecule has 6 rings (SSSR count). The van der Waals surface area contributed by atoms with Crippen molar-refractivity contribution in [2.24, 2.45) is 0 Å². The lowest BCUT2D eigenvalue weighted by molar-refractivity contribution is -0.318. The van der Waals surface area contributed by atoms with Crippen molar-refractivity contribution < 1.29 is 94.1 Å². The predicted octanol–water partition coefficient (Wildman–Crippen LogP) is -3.57. The first-order valence-electron chi connectivity index (χ1n) is 15.9. The molecule has 0 aliphatic carbocycles. The molecule has 3 aliphatic rings. The SMILES string of the molecule is C[C@@H]1O[C@@H](OC[C@H]2O[C@@H](Oc3c(-c4ccc(O)c(O[C@@H]5OC[C@](O)(CO)[C@@H]5O)c4)oc4cc(O)cc(O)c4c3=O)[C@H](O)[C@@H](O)[C@H]2O)[C@@H](O)[C@H](O)[C@H]1O. The van der Waals surface area contributed by atoms with Crippen molar-refractivity contribution in [1.82, 2.24) is 0 Å². The molecule has 3 aromatic rings. The van der Waals surface area contributed by atoms with Crippen molar-refractivity contribution in [1.29, 1.82) is 0 Å². The standard InChI is InChI=1S/C32H38O20/c1-10-19(37)22(40)24(42)29(48-10)46-7-17-20(38)23(41)25(43)30(51-17)52-27-21(39)18-14(36)5-12(34)6-16(18)49-26(27)11-2-3-13(35)15(4-11)50-31-28(44)32(45,8-33)9-47-31/h2-6,10,17,19-20,22-25,28-31,33-38,40-45H,7-9H2,1H3/t10-,17+,19-,20-,22+,23-,24-,25+,28+,29+,30-,31-,32+/m0/s1. The molecule has 3 saturated heterocycles. The average molecular weight is 743 g/mol. The van der Waals surface area contributed by atoms with Crippen molar-refractivity contribution in [3.8, 4) is 40.1 Å². The molecule has 4 heterocycles. The maximum Gasteiger partial charge on any atom is 0.239 e. The first-order valence-corrected chi connectivity index (χ1v) is 15.9. The number of phenolic OH excluding ortho intramolecular Hbond substituents is 3. The lowest BCUT2D eigenvalue weighted by Gasteiger charge is -2.42. The second-order valence-electron chi connectivity index (χ2n) is 12.8. The molecule has 20 heteroatoms. The summed E-state index contributed by atoms with van der Waals surface area (Å²) in [5, 5.41) is 123. The second kappa shape index (κ2) is 14.5. The van der Waals surface area contributed by atoms with Crippen LogP contribution in [0.15, 0.2) is 39.5 Å². The minimum absolute atomic E-state index is 0.0985. The van der Waals surface area contributed by atoms with Gasteiger partial charge in [0, 0.05) is 17.7 Å². The molecule has 3 fully saturated rings. The van der Waals surface area contributed by atoms with E-state index in [9.17, 15) is 66.1 Å². The Hall–Kier alpha value is -3.87. The zero-order valence-corrected chi connectivity index (χ0v) is 27.1. The van der Waals surface area contributed by atoms with Gasteiger partial charge in [-0.2, -0.15) is 0 Å². The molecule has 2 aromatic carbocycles. The Kier molecular flexibility index (Phi) is 10.6. The van der Waals surface area contributed by atoms with Crippen LogP contribution in [0.1, 0.15) is 6.92 Å². The van der Waals surface area contributed by atoms with Crippen LogP contribution >= 0.6 is 0 Å². The molecule has 12 N–H and O–H groups in total. The Morgan fingerprint density at radius 2 is 1.50 bits per heavy atom. The third-order valence-corrected chi connectivity index (χ3v) is 9.10. The van der Waals surface area contributed by atoms with E-state index in [0.29, 0.717) is 0 Å². The van der Waals surface area contributed by atoms with Gasteiger partial charge in [0.05, 0.1) is 25.9 Å². The second-order valence-corrected chi connectivity index (χ2v) is 12.8. The molecule has 0 spiro atoms. The van der Waals surface area contributed by atoms with Gasteiger partial charge in [0.25, 0.3) is 0 Å². The van der Waals surface area contributed by atoms with E-state index in [1.54, 1.807) is 0 Å². The van der Waals surface area contributed by atoms with Gasteiger partial charge in [0.15, 0.2) is 23.5 Å². The summed E-state index contributed by atoms with van der Waals surface area (Å²) in [5.41, 5.74) is -3.61. The van der Waals surface area contributed by atoms with Crippen LogP contribution in [0, 0.1) is 0 Å². The first-order chi connectivity index (χ1) is 24.5. The number of fused-ring (bicyclic) bond motifs is 1. The van der Waals surface area contributed by atoms with Gasteiger partial charge in [-0.1, -0.05) is 0 Å². The molecule has 0 saturated carbocycles. The number of phenols is 3. The van der Waals surface area contributed by atoms with Crippen LogP contribution < -0.4 is 14.9 Å². The van der Waals surface area contributed by atoms with Crippen LogP contribution in [-0.4, -0.2) is 161 Å². The number of aliphatic hydroxyl groups excluding tert-OH is 8. The summed E-state index contributed by atoms with van der Waals surface area (Å²) >= 11 is 0. The zero-order chi connectivity index (χ0) is 37.8. The lowest BCUT2D eigenvalue weighted by atomic mass is 9.98. The van der Waals surface area contributed by atoms with Crippen LogP contribution in [-0.2, 0) is 18.9 Å². The summed E-state index contributed by atoms with van der Waals surface area (Å²) in [6.07, 6.45) is -20.0. The average Bonchev–Trinajstić information content (AvgIpc) is 3.39. The zero-order valence-electron chi connectivity index (χ0n) is 27.1. The minimum atomic E-state index is -2.07. The summed E-state index contributed by atoms with van der Waals surface area (Å²) in [5.74, 6) is -3.38. The van der Waals surface area contributed by atoms with Gasteiger partial charge in [-0.15, -0.1) is 0 Å². The van der Waals surface area contributed by atoms with Crippen LogP contribution in [0.25, 0.3) is 22.3 Å². The van der Waals surface area contributed by atoms with E-state index in [1.165, 1.54) is 13.0 Å². The molecular weight excluding hydrogens is 704 g/mol. The summed E-state index contributed by atoms with van der Waals surface area (Å²) in [4.78, 5) is 13.9. The minimum Gasteiger partial charge on any atom is -0.508 e. The third-order valence-electron chi connectivity index (χ3n) is 9.10. The number of hydrogen-bond donors (Lipinski definition) is 12. The molecule has 52 heavy (non-hydrogen) atoms. The predicted molar refractivity (Wildman–Crippen MR) is 167 cm³/mol. The number of ether oxygens (including phenoxy) is 6. The van der Waals surface area contributed by atoms with Crippen molar-refractivity contribution in [3.63, 3.8) is 0 Å². The van der Waals surface area contributed by atoms with E-state index in [1.807, 2.05) is 0 Å². The maximum absolute atomic E-state index is 13.9. The van der Waals surface area contributed by atoms with Crippen molar-refractivity contribution >= 4 is 11.0 Å². The third kappa shape index (κ3) is 6.85. The monoisotopic (exact) mass is 742 g/mol. The fraction of sp³-hybridized carbons (Fsp3) is 0.531. The Morgan fingerprint density at radius 3 is 2.19 bits per heavy atom. The van der Waals surface area contributed by atoms with Gasteiger partial charge in [0.1, 0.15) is 76.9 Å². The highest BCUT2D eigenvalue weighted by Crippen LogP contribution is 2.41. The molecule has 0 unspecified atom stereocenters. The van der Waals surface area contributed by atoms with Crippen LogP contribution in [0.4, 0.5) is 0 Å². The number of rotatable bonds is 9. The molecule has 20 nitrogen and oxygen atoms in total. The first kappa shape index (κ1) is 37.9. The number of hydrogen-bond acceptors (Lipinski definition) is 20. The van der Waals surface area contributed by atoms with Crippen molar-refractivity contribution in [2.75, 3.05) is 19.8 Å². The largest absolute Gasteiger partial charge is 0.508 e. The quantitative estimate of drug-likeness (QED) is 0.101. The van der Waals surface area contributed by atoms with E-state index in [2.05, 4.69) is 0 Å².